The van der Waals surface area contributed by atoms with Gasteiger partial charge in [0.15, 0.2) is 0 Å². The minimum atomic E-state index is -0.211. The van der Waals surface area contributed by atoms with Crippen molar-refractivity contribution >= 4 is 10.9 Å². The van der Waals surface area contributed by atoms with Crippen LogP contribution in [0.2, 0.25) is 0 Å². The van der Waals surface area contributed by atoms with E-state index in [-0.39, 0.29) is 11.9 Å². The van der Waals surface area contributed by atoms with E-state index in [1.165, 1.54) is 23.1 Å². The van der Waals surface area contributed by atoms with Crippen LogP contribution in [0, 0.1) is 5.82 Å². The van der Waals surface area contributed by atoms with Crippen molar-refractivity contribution in [2.24, 2.45) is 5.73 Å². The van der Waals surface area contributed by atoms with Gasteiger partial charge in [-0.2, -0.15) is 0 Å². The number of aryl methyl sites for hydroxylation is 1. The maximum Gasteiger partial charge on any atom is 0.123 e. The van der Waals surface area contributed by atoms with E-state index in [0.29, 0.717) is 12.6 Å². The van der Waals surface area contributed by atoms with Crippen molar-refractivity contribution in [2.45, 2.75) is 31.3 Å². The number of H-pyrrole nitrogens is 1. The Kier molecular flexibility index (Phi) is 6.48. The fraction of sp³-hybridized carbons (Fsp3) is 0.360. The van der Waals surface area contributed by atoms with E-state index in [9.17, 15) is 4.39 Å². The number of benzene rings is 2. The van der Waals surface area contributed by atoms with Crippen LogP contribution in [0.5, 0.6) is 0 Å². The summed E-state index contributed by atoms with van der Waals surface area (Å²) in [5.74, 6) is -0.211. The Morgan fingerprint density at radius 2 is 1.94 bits per heavy atom. The minimum absolute atomic E-state index is 0.108. The molecule has 1 aliphatic heterocycles. The third-order valence-electron chi connectivity index (χ3n) is 6.73. The average molecular weight is 448 g/mol. The molecule has 4 aromatic rings. The molecule has 1 saturated heterocycles. The normalized spacial score (nSPS) is 18.1. The van der Waals surface area contributed by atoms with E-state index in [2.05, 4.69) is 49.8 Å². The van der Waals surface area contributed by atoms with Gasteiger partial charge < -0.3 is 16.0 Å². The van der Waals surface area contributed by atoms with Crippen LogP contribution in [0.25, 0.3) is 16.6 Å². The second-order valence-electron chi connectivity index (χ2n) is 8.70. The lowest BCUT2D eigenvalue weighted by molar-refractivity contribution is 0.102. The van der Waals surface area contributed by atoms with Gasteiger partial charge in [0.2, 0.25) is 0 Å². The summed E-state index contributed by atoms with van der Waals surface area (Å²) in [6, 6.07) is 13.7. The number of aromatic amines is 1. The molecule has 5 rings (SSSR count). The van der Waals surface area contributed by atoms with E-state index < -0.39 is 0 Å². The largest absolute Gasteiger partial charge is 0.361 e. The number of halogens is 1. The van der Waals surface area contributed by atoms with Gasteiger partial charge in [-0.15, -0.1) is 10.2 Å². The van der Waals surface area contributed by atoms with Crippen molar-refractivity contribution in [3.05, 3.63) is 78.3 Å². The van der Waals surface area contributed by atoms with Crippen LogP contribution in [-0.4, -0.2) is 56.9 Å². The Hall–Kier alpha value is -3.07. The highest BCUT2D eigenvalue weighted by atomic mass is 19.1. The molecule has 0 aliphatic carbocycles. The van der Waals surface area contributed by atoms with Gasteiger partial charge in [-0.1, -0.05) is 12.1 Å². The molecule has 0 saturated carbocycles. The summed E-state index contributed by atoms with van der Waals surface area (Å²) in [6.07, 6.45) is 8.70. The molecule has 0 radical (unpaired) electrons. The zero-order chi connectivity index (χ0) is 22.6. The second-order valence-corrected chi connectivity index (χ2v) is 8.70. The summed E-state index contributed by atoms with van der Waals surface area (Å²) in [5.41, 5.74) is 10.8. The Balaban J connectivity index is 1.27. The molecule has 4 N–H and O–H groups in total. The molecule has 2 aromatic heterocycles. The van der Waals surface area contributed by atoms with Crippen molar-refractivity contribution in [1.82, 2.24) is 30.0 Å². The zero-order valence-corrected chi connectivity index (χ0v) is 18.6. The Morgan fingerprint density at radius 3 is 2.73 bits per heavy atom. The number of rotatable bonds is 8. The summed E-state index contributed by atoms with van der Waals surface area (Å²) in [7, 11) is 0. The maximum atomic E-state index is 13.4. The molecule has 3 heterocycles. The van der Waals surface area contributed by atoms with Gasteiger partial charge in [-0.3, -0.25) is 9.47 Å². The fourth-order valence-electron chi connectivity index (χ4n) is 5.00. The minimum Gasteiger partial charge on any atom is -0.361 e. The highest BCUT2D eigenvalue weighted by Crippen LogP contribution is 2.27. The summed E-state index contributed by atoms with van der Waals surface area (Å²) < 4.78 is 15.3. The first-order chi connectivity index (χ1) is 16.2. The van der Waals surface area contributed by atoms with Crippen molar-refractivity contribution < 1.29 is 4.39 Å². The Bertz CT molecular complexity index is 1170. The lowest BCUT2D eigenvalue weighted by atomic mass is 9.97. The summed E-state index contributed by atoms with van der Waals surface area (Å²) in [5, 5.41) is 12.6. The van der Waals surface area contributed by atoms with E-state index in [1.54, 1.807) is 12.7 Å². The van der Waals surface area contributed by atoms with Gasteiger partial charge in [-0.05, 0) is 60.7 Å². The number of hydrogen-bond donors (Lipinski definition) is 3. The molecule has 2 aromatic carbocycles. The van der Waals surface area contributed by atoms with Gasteiger partial charge in [-0.25, -0.2) is 4.39 Å². The van der Waals surface area contributed by atoms with Crippen molar-refractivity contribution in [3.63, 3.8) is 0 Å². The SMILES string of the molecule is NCC(c1ccc(F)cc1)N1CCNCC1CCCc1c[nH]c2ccc(-n3cnnc3)cc12. The van der Waals surface area contributed by atoms with E-state index in [4.69, 9.17) is 5.73 Å². The molecule has 0 spiro atoms. The van der Waals surface area contributed by atoms with Crippen LogP contribution in [0.3, 0.4) is 0 Å². The molecule has 2 atom stereocenters. The summed E-state index contributed by atoms with van der Waals surface area (Å²) in [6.45, 7) is 3.36. The number of hydrogen-bond acceptors (Lipinski definition) is 5. The molecule has 1 fully saturated rings. The predicted molar refractivity (Wildman–Crippen MR) is 128 cm³/mol. The van der Waals surface area contributed by atoms with Gasteiger partial charge in [0.25, 0.3) is 0 Å². The standard InChI is InChI=1S/C25H30FN7/c26-20-6-4-18(5-7-20)25(13-27)33-11-10-28-15-22(33)3-1-2-19-14-29-24-9-8-21(12-23(19)24)32-16-30-31-17-32/h4-9,12,14,16-17,22,25,28-29H,1-3,10-11,13,15,27H2. The lowest BCUT2D eigenvalue weighted by Crippen LogP contribution is -2.53. The molecule has 172 valence electrons. The van der Waals surface area contributed by atoms with Crippen LogP contribution in [-0.2, 0) is 6.42 Å². The van der Waals surface area contributed by atoms with Gasteiger partial charge in [0, 0.05) is 61.0 Å². The lowest BCUT2D eigenvalue weighted by Gasteiger charge is -2.41. The number of nitrogens with one attached hydrogen (secondary N) is 2. The quantitative estimate of drug-likeness (QED) is 0.386. The zero-order valence-electron chi connectivity index (χ0n) is 18.6. The number of fused-ring (bicyclic) bond motifs is 1. The Labute approximate surface area is 192 Å². The first kappa shape index (κ1) is 21.8. The van der Waals surface area contributed by atoms with Gasteiger partial charge in [0.1, 0.15) is 18.5 Å². The Morgan fingerprint density at radius 1 is 1.12 bits per heavy atom. The third kappa shape index (κ3) is 4.68. The predicted octanol–water partition coefficient (Wildman–Crippen LogP) is 3.18. The monoisotopic (exact) mass is 447 g/mol. The summed E-state index contributed by atoms with van der Waals surface area (Å²) >= 11 is 0. The molecule has 0 bridgehead atoms. The van der Waals surface area contributed by atoms with Crippen molar-refractivity contribution in [2.75, 3.05) is 26.2 Å². The average Bonchev–Trinajstić information content (AvgIpc) is 3.52. The molecule has 0 amide bonds. The second kappa shape index (κ2) is 9.82. The molecular weight excluding hydrogens is 417 g/mol. The molecule has 7 nitrogen and oxygen atoms in total. The van der Waals surface area contributed by atoms with Crippen molar-refractivity contribution in [1.29, 1.82) is 0 Å². The molecule has 2 unspecified atom stereocenters. The fourth-order valence-corrected chi connectivity index (χ4v) is 5.00. The van der Waals surface area contributed by atoms with Gasteiger partial charge in [0.05, 0.1) is 0 Å². The number of nitrogens with zero attached hydrogens (tertiary/aromatic N) is 4. The molecule has 8 heteroatoms. The third-order valence-corrected chi connectivity index (χ3v) is 6.73. The number of nitrogens with two attached hydrogens (primary N) is 1. The van der Waals surface area contributed by atoms with Crippen LogP contribution < -0.4 is 11.1 Å². The topological polar surface area (TPSA) is 87.8 Å². The van der Waals surface area contributed by atoms with Crippen LogP contribution in [0.4, 0.5) is 4.39 Å². The van der Waals surface area contributed by atoms with E-state index in [0.717, 1.165) is 55.7 Å². The van der Waals surface area contributed by atoms with E-state index >= 15 is 0 Å². The maximum absolute atomic E-state index is 13.4. The first-order valence-electron chi connectivity index (χ1n) is 11.6. The number of aromatic nitrogens is 4. The van der Waals surface area contributed by atoms with Crippen LogP contribution in [0.1, 0.15) is 30.0 Å². The van der Waals surface area contributed by atoms with E-state index in [1.807, 2.05) is 16.7 Å². The van der Waals surface area contributed by atoms with Gasteiger partial charge >= 0.3 is 0 Å². The highest BCUT2D eigenvalue weighted by Gasteiger charge is 2.28. The molecular formula is C25H30FN7. The first-order valence-corrected chi connectivity index (χ1v) is 11.6. The highest BCUT2D eigenvalue weighted by molar-refractivity contribution is 5.85. The molecule has 1 aliphatic rings. The van der Waals surface area contributed by atoms with Crippen LogP contribution in [0.15, 0.2) is 61.3 Å². The number of piperazine rings is 1. The van der Waals surface area contributed by atoms with Crippen molar-refractivity contribution in [3.8, 4) is 5.69 Å². The smallest absolute Gasteiger partial charge is 0.123 e. The van der Waals surface area contributed by atoms with Crippen LogP contribution >= 0.6 is 0 Å². The molecule has 33 heavy (non-hydrogen) atoms. The summed E-state index contributed by atoms with van der Waals surface area (Å²) in [4.78, 5) is 5.90.